The molecule has 0 atom stereocenters. The highest BCUT2D eigenvalue weighted by molar-refractivity contribution is 9.29. The number of hydrogen-bond acceptors (Lipinski definition) is 12. The molecular weight excluding hydrogens is 773 g/mol. The Hall–Kier alpha value is 0.940. The molecule has 0 rings (SSSR count). The minimum absolute atomic E-state index is 0.771. The summed E-state index contributed by atoms with van der Waals surface area (Å²) in [5, 5.41) is 0. The Morgan fingerprint density at radius 1 is 0.385 bits per heavy atom. The third-order valence-electron chi connectivity index (χ3n) is 9.68. The molecule has 0 N–H and O–H groups in total. The van der Waals surface area contributed by atoms with E-state index in [4.69, 9.17) is 52.9 Å². The molecule has 0 aliphatic rings. The van der Waals surface area contributed by atoms with Gasteiger partial charge in [0.2, 0.25) is 0 Å². The first-order chi connectivity index (χ1) is 25.2. The summed E-state index contributed by atoms with van der Waals surface area (Å²) in [6.45, 7) is 2.06. The number of unbranched alkanes of at least 4 members (excludes halogenated alkanes) is 20. The molecule has 0 aliphatic heterocycles. The zero-order valence-electron chi connectivity index (χ0n) is 34.2. The zero-order chi connectivity index (χ0) is 38.8. The highest BCUT2D eigenvalue weighted by Crippen LogP contribution is 2.45. The van der Waals surface area contributed by atoms with Crippen LogP contribution in [-0.4, -0.2) is 100 Å². The molecule has 52 heavy (non-hydrogen) atoms. The van der Waals surface area contributed by atoms with Gasteiger partial charge in [-0.3, -0.25) is 0 Å². The molecule has 8 nitrogen and oxygen atoms in total. The highest BCUT2D eigenvalue weighted by atomic mass is 33.7. The van der Waals surface area contributed by atoms with Gasteiger partial charge < -0.3 is 38.2 Å². The summed E-state index contributed by atoms with van der Waals surface area (Å²) < 4.78 is 34.1. The molecule has 0 saturated carbocycles. The second-order valence-electron chi connectivity index (χ2n) is 13.5. The highest BCUT2D eigenvalue weighted by Gasteiger charge is 2.29. The minimum Gasteiger partial charge on any atom is -0.360 e. The molecule has 0 saturated heterocycles. The van der Waals surface area contributed by atoms with Gasteiger partial charge in [0.05, 0.1) is 0 Å². The second kappa shape index (κ2) is 36.3. The normalized spacial score (nSPS) is 12.1. The molecule has 0 radical (unpaired) electrons. The van der Waals surface area contributed by atoms with Gasteiger partial charge in [-0.15, -0.1) is 0 Å². The number of ether oxygens (including phenoxy) is 6. The van der Waals surface area contributed by atoms with E-state index >= 15 is 0 Å². The first-order valence-electron chi connectivity index (χ1n) is 19.7. The molecule has 0 aromatic heterocycles. The van der Waals surface area contributed by atoms with E-state index in [0.29, 0.717) is 0 Å². The summed E-state index contributed by atoms with van der Waals surface area (Å²) in [7, 11) is 20.8. The Balaban J connectivity index is 3.61. The maximum Gasteiger partial charge on any atom is 0.282 e. The number of rotatable bonds is 37. The maximum atomic E-state index is 5.66. The second-order valence-corrected chi connectivity index (χ2v) is 20.5. The molecule has 0 aromatic carbocycles. The van der Waals surface area contributed by atoms with Gasteiger partial charge in [0, 0.05) is 82.7 Å². The summed E-state index contributed by atoms with van der Waals surface area (Å²) in [4.78, 5) is 4.44. The summed E-state index contributed by atoms with van der Waals surface area (Å²) in [5.41, 5.74) is 0. The molecule has 0 spiro atoms. The van der Waals surface area contributed by atoms with Crippen LogP contribution in [0.3, 0.4) is 0 Å². The first-order valence-corrected chi connectivity index (χ1v) is 25.3. The fraction of sp³-hybridized carbons (Fsp3) is 0.947. The van der Waals surface area contributed by atoms with E-state index in [9.17, 15) is 0 Å². The topological polar surface area (TPSA) is 61.9 Å². The average molecular weight is 849 g/mol. The van der Waals surface area contributed by atoms with Gasteiger partial charge in [0.25, 0.3) is 11.9 Å². The van der Waals surface area contributed by atoms with Gasteiger partial charge in [-0.25, -0.2) is 0 Å². The quantitative estimate of drug-likeness (QED) is 0.0258. The van der Waals surface area contributed by atoms with Crippen LogP contribution >= 0.6 is 65.7 Å². The van der Waals surface area contributed by atoms with Crippen LogP contribution in [0.1, 0.15) is 154 Å². The lowest BCUT2D eigenvalue weighted by atomic mass is 10.0. The van der Waals surface area contributed by atoms with E-state index in [0.717, 1.165) is 47.4 Å². The Kier molecular flexibility index (Phi) is 36.9. The lowest BCUT2D eigenvalue weighted by Gasteiger charge is -2.28. The molecule has 0 aromatic rings. The van der Waals surface area contributed by atoms with Crippen molar-refractivity contribution in [3.05, 3.63) is 0 Å². The Labute approximate surface area is 346 Å². The number of nitrogens with zero attached hydrogens (tertiary/aromatic N) is 2. The summed E-state index contributed by atoms with van der Waals surface area (Å²) in [6.07, 6.45) is 29.5. The third kappa shape index (κ3) is 27.5. The Bertz CT molecular complexity index is 759. The molecule has 14 heteroatoms. The van der Waals surface area contributed by atoms with Crippen molar-refractivity contribution in [1.82, 2.24) is 9.80 Å². The monoisotopic (exact) mass is 848 g/mol. The average Bonchev–Trinajstić information content (AvgIpc) is 3.17. The van der Waals surface area contributed by atoms with E-state index in [1.807, 2.05) is 0 Å². The van der Waals surface area contributed by atoms with E-state index in [2.05, 4.69) is 23.9 Å². The van der Waals surface area contributed by atoms with Crippen LogP contribution in [0.5, 0.6) is 0 Å². The molecular formula is C38H76N2O6S6. The first kappa shape index (κ1) is 52.9. The molecule has 0 heterocycles. The van der Waals surface area contributed by atoms with Gasteiger partial charge in [-0.1, -0.05) is 140 Å². The smallest absolute Gasteiger partial charge is 0.282 e. The van der Waals surface area contributed by atoms with Crippen LogP contribution in [0.4, 0.5) is 0 Å². The SMILES string of the molecule is COC(CCCCCCCCCCCCCN(C)C(=S)SSSSC(=S)N(C)CCCCCCCCCCCCCC(OC)(OC)OC)(OC)OC. The Morgan fingerprint density at radius 2 is 0.596 bits per heavy atom. The molecule has 310 valence electrons. The fourth-order valence-corrected chi connectivity index (χ4v) is 12.7. The lowest BCUT2D eigenvalue weighted by Crippen LogP contribution is -2.35. The van der Waals surface area contributed by atoms with Crippen LogP contribution in [-0.2, 0) is 28.4 Å². The summed E-state index contributed by atoms with van der Waals surface area (Å²) in [5.74, 6) is -1.75. The van der Waals surface area contributed by atoms with Crippen LogP contribution in [0, 0.1) is 0 Å². The molecule has 0 unspecified atom stereocenters. The number of thiocarbonyl (C=S) groups is 2. The van der Waals surface area contributed by atoms with E-state index in [-0.39, 0.29) is 0 Å². The molecule has 0 fully saturated rings. The van der Waals surface area contributed by atoms with Gasteiger partial charge in [-0.2, -0.15) is 0 Å². The van der Waals surface area contributed by atoms with Crippen molar-refractivity contribution in [1.29, 1.82) is 0 Å². The number of hydrogen-bond donors (Lipinski definition) is 0. The van der Waals surface area contributed by atoms with Crippen molar-refractivity contribution in [2.75, 3.05) is 69.8 Å². The zero-order valence-corrected chi connectivity index (χ0v) is 39.1. The van der Waals surface area contributed by atoms with Gasteiger partial charge >= 0.3 is 0 Å². The van der Waals surface area contributed by atoms with Crippen LogP contribution < -0.4 is 0 Å². The minimum atomic E-state index is -0.874. The molecule has 0 amide bonds. The lowest BCUT2D eigenvalue weighted by molar-refractivity contribution is -0.355. The predicted octanol–water partition coefficient (Wildman–Crippen LogP) is 12.6. The molecule has 0 bridgehead atoms. The van der Waals surface area contributed by atoms with Crippen molar-refractivity contribution < 1.29 is 28.4 Å². The fourth-order valence-electron chi connectivity index (χ4n) is 6.07. The largest absolute Gasteiger partial charge is 0.360 e. The van der Waals surface area contributed by atoms with Gasteiger partial charge in [-0.05, 0) is 66.9 Å². The van der Waals surface area contributed by atoms with Crippen molar-refractivity contribution in [2.45, 2.75) is 166 Å². The van der Waals surface area contributed by atoms with E-state index < -0.39 is 11.9 Å². The van der Waals surface area contributed by atoms with Crippen molar-refractivity contribution in [3.8, 4) is 0 Å². The van der Waals surface area contributed by atoms with Crippen molar-refractivity contribution >= 4 is 74.3 Å². The van der Waals surface area contributed by atoms with Crippen molar-refractivity contribution in [3.63, 3.8) is 0 Å². The van der Waals surface area contributed by atoms with Crippen LogP contribution in [0.15, 0.2) is 0 Å². The van der Waals surface area contributed by atoms with Crippen molar-refractivity contribution in [2.24, 2.45) is 0 Å². The molecule has 0 aliphatic carbocycles. The standard InChI is InChI=1S/C38H76N2O6S6/c1-39(33-29-25-21-17-13-9-11-15-19-23-27-31-37(41-3,42-4)43-5)35(47)49-51-52-50-36(48)40(2)34-30-26-22-18-14-10-12-16-20-24-28-32-38(44-6,45-7)46-8/h9-34H2,1-8H3. The third-order valence-corrected chi connectivity index (χ3v) is 17.3. The van der Waals surface area contributed by atoms with Gasteiger partial charge in [0.1, 0.15) is 8.64 Å². The summed E-state index contributed by atoms with van der Waals surface area (Å²) >= 11 is 11.3. The predicted molar refractivity (Wildman–Crippen MR) is 239 cm³/mol. The Morgan fingerprint density at radius 3 is 0.827 bits per heavy atom. The van der Waals surface area contributed by atoms with Crippen LogP contribution in [0.25, 0.3) is 0 Å². The van der Waals surface area contributed by atoms with Gasteiger partial charge in [0.15, 0.2) is 0 Å². The maximum absolute atomic E-state index is 5.66. The number of methoxy groups -OCH3 is 6. The summed E-state index contributed by atoms with van der Waals surface area (Å²) in [6, 6.07) is 0. The van der Waals surface area contributed by atoms with Crippen LogP contribution in [0.2, 0.25) is 0 Å². The van der Waals surface area contributed by atoms with E-state index in [1.54, 1.807) is 83.9 Å². The van der Waals surface area contributed by atoms with E-state index in [1.165, 1.54) is 128 Å².